The van der Waals surface area contributed by atoms with E-state index in [1.165, 1.54) is 12.1 Å². The van der Waals surface area contributed by atoms with E-state index in [2.05, 4.69) is 15.0 Å². The fraction of sp³-hybridized carbons (Fsp3) is 0.265. The van der Waals surface area contributed by atoms with Gasteiger partial charge in [0.1, 0.15) is 11.9 Å². The second-order valence-electron chi connectivity index (χ2n) is 11.0. The van der Waals surface area contributed by atoms with Crippen LogP contribution in [0.1, 0.15) is 41.5 Å². The maximum Gasteiger partial charge on any atom is 0.243 e. The Bertz CT molecular complexity index is 1650. The molecule has 1 saturated carbocycles. The third kappa shape index (κ3) is 8.81. The van der Waals surface area contributed by atoms with Gasteiger partial charge in [-0.2, -0.15) is 0 Å². The summed E-state index contributed by atoms with van der Waals surface area (Å²) in [6.07, 6.45) is 5.75. The zero-order valence-electron chi connectivity index (χ0n) is 24.2. The number of rotatable bonds is 14. The van der Waals surface area contributed by atoms with Gasteiger partial charge in [-0.25, -0.2) is 17.5 Å². The number of amides is 2. The number of pyridine rings is 1. The highest BCUT2D eigenvalue weighted by Crippen LogP contribution is 2.23. The Morgan fingerprint density at radius 3 is 2.20 bits per heavy atom. The Labute approximate surface area is 257 Å². The molecule has 3 aromatic carbocycles. The number of nitrogens with zero attached hydrogens (tertiary/aromatic N) is 2. The Morgan fingerprint density at radius 2 is 1.55 bits per heavy atom. The molecule has 0 aliphatic heterocycles. The third-order valence-electron chi connectivity index (χ3n) is 7.49. The smallest absolute Gasteiger partial charge is 0.243 e. The molecule has 1 aliphatic carbocycles. The molecule has 1 aliphatic rings. The molecule has 44 heavy (non-hydrogen) atoms. The molecule has 1 atom stereocenters. The first-order valence-corrected chi connectivity index (χ1v) is 16.1. The molecular weight excluding hydrogens is 579 g/mol. The Morgan fingerprint density at radius 1 is 0.864 bits per heavy atom. The Hall–Kier alpha value is -4.41. The number of hydrogen-bond donors (Lipinski definition) is 2. The fourth-order valence-corrected chi connectivity index (χ4v) is 6.17. The van der Waals surface area contributed by atoms with Crippen LogP contribution in [0.25, 0.3) is 0 Å². The lowest BCUT2D eigenvalue weighted by Crippen LogP contribution is -2.50. The molecule has 10 heteroatoms. The summed E-state index contributed by atoms with van der Waals surface area (Å²) in [5.41, 5.74) is 3.21. The van der Waals surface area contributed by atoms with E-state index < -0.39 is 16.1 Å². The van der Waals surface area contributed by atoms with Gasteiger partial charge in [-0.1, -0.05) is 60.7 Å². The van der Waals surface area contributed by atoms with Gasteiger partial charge in [0.05, 0.1) is 4.90 Å². The van der Waals surface area contributed by atoms with Gasteiger partial charge in [0.2, 0.25) is 21.8 Å². The van der Waals surface area contributed by atoms with Crippen molar-refractivity contribution in [3.63, 3.8) is 0 Å². The average Bonchev–Trinajstić information content (AvgIpc) is 3.86. The molecular formula is C34H35FN4O4S. The summed E-state index contributed by atoms with van der Waals surface area (Å²) in [5, 5.41) is 2.97. The Balaban J connectivity index is 1.36. The van der Waals surface area contributed by atoms with Gasteiger partial charge >= 0.3 is 0 Å². The third-order valence-corrected chi connectivity index (χ3v) is 9.02. The van der Waals surface area contributed by atoms with Crippen LogP contribution in [-0.4, -0.2) is 42.2 Å². The zero-order chi connectivity index (χ0) is 30.9. The van der Waals surface area contributed by atoms with E-state index in [-0.39, 0.29) is 54.5 Å². The maximum absolute atomic E-state index is 13.9. The quantitative estimate of drug-likeness (QED) is 0.217. The monoisotopic (exact) mass is 614 g/mol. The fourth-order valence-electron chi connectivity index (χ4n) is 4.87. The van der Waals surface area contributed by atoms with Gasteiger partial charge < -0.3 is 10.2 Å². The molecule has 2 amide bonds. The standard InChI is InChI=1S/C34H35FN4O4S/c35-29-13-8-27(9-14-29)24-39(33(40)19-12-25-10-17-31(18-11-25)44(42,43)38-30-15-16-30)32(21-26-5-2-1-3-6-26)34(41)37-23-28-7-4-20-36-22-28/h1-11,13-14,17-18,20,22,30,32,38H,12,15-16,19,21,23-24H2,(H,37,41)/t32-/m0/s1. The van der Waals surface area contributed by atoms with Crippen LogP contribution in [0, 0.1) is 5.82 Å². The van der Waals surface area contributed by atoms with E-state index in [0.29, 0.717) is 12.0 Å². The van der Waals surface area contributed by atoms with Gasteiger partial charge in [0, 0.05) is 44.4 Å². The first kappa shape index (κ1) is 31.0. The number of aryl methyl sites for hydroxylation is 1. The number of carbonyl (C=O) groups is 2. The van der Waals surface area contributed by atoms with Crippen LogP contribution >= 0.6 is 0 Å². The van der Waals surface area contributed by atoms with E-state index >= 15 is 0 Å². The van der Waals surface area contributed by atoms with Gasteiger partial charge in [0.25, 0.3) is 0 Å². The lowest BCUT2D eigenvalue weighted by Gasteiger charge is -2.31. The summed E-state index contributed by atoms with van der Waals surface area (Å²) in [5.74, 6) is -0.954. The molecule has 2 N–H and O–H groups in total. The van der Waals surface area contributed by atoms with E-state index in [1.54, 1.807) is 59.8 Å². The molecule has 0 saturated heterocycles. The highest BCUT2D eigenvalue weighted by molar-refractivity contribution is 7.89. The van der Waals surface area contributed by atoms with Crippen LogP contribution in [0.5, 0.6) is 0 Å². The van der Waals surface area contributed by atoms with Gasteiger partial charge in [-0.3, -0.25) is 14.6 Å². The van der Waals surface area contributed by atoms with Crippen LogP contribution in [0.15, 0.2) is 108 Å². The first-order valence-electron chi connectivity index (χ1n) is 14.6. The van der Waals surface area contributed by atoms with Crippen molar-refractivity contribution < 1.29 is 22.4 Å². The first-order chi connectivity index (χ1) is 21.3. The minimum absolute atomic E-state index is 0.00906. The number of benzene rings is 3. The van der Waals surface area contributed by atoms with Crippen molar-refractivity contribution >= 4 is 21.8 Å². The highest BCUT2D eigenvalue weighted by atomic mass is 32.2. The summed E-state index contributed by atoms with van der Waals surface area (Å²) in [6, 6.07) is 24.7. The van der Waals surface area contributed by atoms with Crippen LogP contribution in [0.3, 0.4) is 0 Å². The predicted octanol–water partition coefficient (Wildman–Crippen LogP) is 4.55. The number of hydrogen-bond acceptors (Lipinski definition) is 5. The second kappa shape index (κ2) is 14.4. The van der Waals surface area contributed by atoms with Crippen LogP contribution < -0.4 is 10.0 Å². The second-order valence-corrected chi connectivity index (χ2v) is 12.7. The summed E-state index contributed by atoms with van der Waals surface area (Å²) < 4.78 is 41.5. The number of aromatic nitrogens is 1. The van der Waals surface area contributed by atoms with Crippen LogP contribution in [0.4, 0.5) is 4.39 Å². The lowest BCUT2D eigenvalue weighted by molar-refractivity contribution is -0.141. The normalized spacial score (nSPS) is 13.7. The maximum atomic E-state index is 13.9. The molecule has 228 valence electrons. The van der Waals surface area contributed by atoms with Crippen molar-refractivity contribution in [2.24, 2.45) is 0 Å². The predicted molar refractivity (Wildman–Crippen MR) is 165 cm³/mol. The average molecular weight is 615 g/mol. The summed E-state index contributed by atoms with van der Waals surface area (Å²) in [6.45, 7) is 0.363. The molecule has 4 aromatic rings. The van der Waals surface area contributed by atoms with E-state index in [4.69, 9.17) is 0 Å². The van der Waals surface area contributed by atoms with Crippen molar-refractivity contribution in [1.29, 1.82) is 0 Å². The topological polar surface area (TPSA) is 108 Å². The molecule has 1 heterocycles. The molecule has 0 spiro atoms. The van der Waals surface area contributed by atoms with Gasteiger partial charge in [-0.15, -0.1) is 0 Å². The minimum atomic E-state index is -3.57. The van der Waals surface area contributed by atoms with Crippen molar-refractivity contribution in [3.05, 3.63) is 131 Å². The van der Waals surface area contributed by atoms with Crippen LogP contribution in [0.2, 0.25) is 0 Å². The van der Waals surface area contributed by atoms with Crippen molar-refractivity contribution in [2.45, 2.75) is 62.2 Å². The van der Waals surface area contributed by atoms with E-state index in [1.807, 2.05) is 36.4 Å². The zero-order valence-corrected chi connectivity index (χ0v) is 25.0. The molecule has 1 aromatic heterocycles. The largest absolute Gasteiger partial charge is 0.350 e. The van der Waals surface area contributed by atoms with E-state index in [0.717, 1.165) is 29.5 Å². The SMILES string of the molecule is O=C(NCc1cccnc1)[C@H](Cc1ccccc1)N(Cc1ccc(F)cc1)C(=O)CCc1ccc(S(=O)(=O)NC2CC2)cc1. The molecule has 1 fully saturated rings. The molecule has 0 bridgehead atoms. The summed E-state index contributed by atoms with van der Waals surface area (Å²) >= 11 is 0. The minimum Gasteiger partial charge on any atom is -0.350 e. The molecule has 0 unspecified atom stereocenters. The lowest BCUT2D eigenvalue weighted by atomic mass is 10.0. The van der Waals surface area contributed by atoms with E-state index in [9.17, 15) is 22.4 Å². The van der Waals surface area contributed by atoms with Gasteiger partial charge in [-0.05, 0) is 71.8 Å². The summed E-state index contributed by atoms with van der Waals surface area (Å²) in [7, 11) is -3.57. The molecule has 5 rings (SSSR count). The molecule has 0 radical (unpaired) electrons. The van der Waals surface area contributed by atoms with Crippen molar-refractivity contribution in [2.75, 3.05) is 0 Å². The highest BCUT2D eigenvalue weighted by Gasteiger charge is 2.31. The van der Waals surface area contributed by atoms with Crippen LogP contribution in [-0.2, 0) is 45.5 Å². The number of sulfonamides is 1. The van der Waals surface area contributed by atoms with Crippen molar-refractivity contribution in [3.8, 4) is 0 Å². The number of carbonyl (C=O) groups excluding carboxylic acids is 2. The van der Waals surface area contributed by atoms with Gasteiger partial charge in [0.15, 0.2) is 0 Å². The molecule has 8 nitrogen and oxygen atoms in total. The van der Waals surface area contributed by atoms with Crippen molar-refractivity contribution in [1.82, 2.24) is 19.9 Å². The number of halogens is 1. The summed E-state index contributed by atoms with van der Waals surface area (Å²) in [4.78, 5) is 33.5. The number of nitrogens with one attached hydrogen (secondary N) is 2. The Kier molecular flexibility index (Phi) is 10.1.